The Kier molecular flexibility index (Phi) is 5.18. The Bertz CT molecular complexity index is 984. The standard InChI is InChI=1S/C17H22N4O5S/c1-4-21-15-6-5-12(9-14(15)18-19-21)17(23)26-11(2)16(22)20(3)13-7-8-27(24,25)10-13/h5-6,9,11,13H,4,7-8,10H2,1-3H3/t11-,13+/m0/s1. The molecule has 10 heteroatoms. The molecule has 1 aromatic heterocycles. The summed E-state index contributed by atoms with van der Waals surface area (Å²) < 4.78 is 30.2. The number of ether oxygens (including phenoxy) is 1. The van der Waals surface area contributed by atoms with E-state index in [-0.39, 0.29) is 23.1 Å². The number of amides is 1. The second-order valence-electron chi connectivity index (χ2n) is 6.66. The van der Waals surface area contributed by atoms with Crippen LogP contribution < -0.4 is 0 Å². The van der Waals surface area contributed by atoms with E-state index in [1.165, 1.54) is 18.9 Å². The maximum Gasteiger partial charge on any atom is 0.338 e. The number of carbonyl (C=O) groups excluding carboxylic acids is 2. The van der Waals surface area contributed by atoms with Crippen LogP contribution in [0, 0.1) is 0 Å². The minimum Gasteiger partial charge on any atom is -0.449 e. The van der Waals surface area contributed by atoms with Gasteiger partial charge in [0.15, 0.2) is 15.9 Å². The van der Waals surface area contributed by atoms with Crippen molar-refractivity contribution in [2.75, 3.05) is 18.6 Å². The van der Waals surface area contributed by atoms with E-state index in [1.807, 2.05) is 6.92 Å². The zero-order chi connectivity index (χ0) is 19.8. The van der Waals surface area contributed by atoms with Gasteiger partial charge in [-0.2, -0.15) is 0 Å². The minimum absolute atomic E-state index is 0.0559. The molecule has 1 aliphatic heterocycles. The van der Waals surface area contributed by atoms with E-state index in [0.29, 0.717) is 18.5 Å². The van der Waals surface area contributed by atoms with Crippen molar-refractivity contribution in [3.8, 4) is 0 Å². The molecule has 0 N–H and O–H groups in total. The quantitative estimate of drug-likeness (QED) is 0.684. The van der Waals surface area contributed by atoms with E-state index in [4.69, 9.17) is 4.74 Å². The molecule has 1 saturated heterocycles. The molecule has 1 fully saturated rings. The smallest absolute Gasteiger partial charge is 0.338 e. The summed E-state index contributed by atoms with van der Waals surface area (Å²) in [5, 5.41) is 8.00. The molecule has 2 atom stereocenters. The summed E-state index contributed by atoms with van der Waals surface area (Å²) >= 11 is 0. The summed E-state index contributed by atoms with van der Waals surface area (Å²) in [5.74, 6) is -1.05. The van der Waals surface area contributed by atoms with E-state index >= 15 is 0 Å². The summed E-state index contributed by atoms with van der Waals surface area (Å²) in [4.78, 5) is 26.2. The highest BCUT2D eigenvalue weighted by molar-refractivity contribution is 7.91. The number of rotatable bonds is 5. The van der Waals surface area contributed by atoms with E-state index in [9.17, 15) is 18.0 Å². The SMILES string of the molecule is CCn1nnc2cc(C(=O)O[C@@H](C)C(=O)N(C)[C@@H]3CCS(=O)(=O)C3)ccc21. The number of nitrogens with zero attached hydrogens (tertiary/aromatic N) is 4. The summed E-state index contributed by atoms with van der Waals surface area (Å²) in [6, 6.07) is 4.52. The first-order valence-corrected chi connectivity index (χ1v) is 10.6. The first-order chi connectivity index (χ1) is 12.7. The van der Waals surface area contributed by atoms with Crippen molar-refractivity contribution in [1.82, 2.24) is 19.9 Å². The molecule has 27 heavy (non-hydrogen) atoms. The zero-order valence-electron chi connectivity index (χ0n) is 15.5. The molecular weight excluding hydrogens is 372 g/mol. The Morgan fingerprint density at radius 3 is 2.78 bits per heavy atom. The van der Waals surface area contributed by atoms with Gasteiger partial charge in [0.2, 0.25) is 0 Å². The molecule has 0 spiro atoms. The number of hydrogen-bond acceptors (Lipinski definition) is 7. The van der Waals surface area contributed by atoms with E-state index < -0.39 is 27.8 Å². The molecule has 1 aliphatic rings. The number of sulfone groups is 1. The number of esters is 1. The Morgan fingerprint density at radius 2 is 2.15 bits per heavy atom. The van der Waals surface area contributed by atoms with Crippen LogP contribution in [0.3, 0.4) is 0 Å². The topological polar surface area (TPSA) is 111 Å². The first kappa shape index (κ1) is 19.3. The normalized spacial score (nSPS) is 19.7. The molecule has 2 aromatic rings. The highest BCUT2D eigenvalue weighted by atomic mass is 32.2. The molecule has 0 bridgehead atoms. The fraction of sp³-hybridized carbons (Fsp3) is 0.529. The minimum atomic E-state index is -3.10. The van der Waals surface area contributed by atoms with Crippen molar-refractivity contribution in [2.45, 2.75) is 39.0 Å². The summed E-state index contributed by atoms with van der Waals surface area (Å²) in [5.41, 5.74) is 1.65. The van der Waals surface area contributed by atoms with Crippen molar-refractivity contribution < 1.29 is 22.7 Å². The Balaban J connectivity index is 1.67. The molecule has 3 rings (SSSR count). The first-order valence-electron chi connectivity index (χ1n) is 8.73. The third-order valence-corrected chi connectivity index (χ3v) is 6.53. The predicted molar refractivity (Wildman–Crippen MR) is 97.9 cm³/mol. The molecule has 0 radical (unpaired) electrons. The number of aryl methyl sites for hydroxylation is 1. The number of aromatic nitrogens is 3. The third kappa shape index (κ3) is 3.95. The lowest BCUT2D eigenvalue weighted by atomic mass is 10.2. The Labute approximate surface area is 157 Å². The number of hydrogen-bond donors (Lipinski definition) is 0. The van der Waals surface area contributed by atoms with Crippen LogP contribution in [0.25, 0.3) is 11.0 Å². The van der Waals surface area contributed by atoms with Gasteiger partial charge < -0.3 is 9.64 Å². The lowest BCUT2D eigenvalue weighted by Crippen LogP contribution is -2.44. The van der Waals surface area contributed by atoms with Crippen LogP contribution >= 0.6 is 0 Å². The maximum absolute atomic E-state index is 12.5. The van der Waals surface area contributed by atoms with Crippen molar-refractivity contribution in [1.29, 1.82) is 0 Å². The van der Waals surface area contributed by atoms with E-state index in [2.05, 4.69) is 10.3 Å². The van der Waals surface area contributed by atoms with Crippen LogP contribution in [0.2, 0.25) is 0 Å². The molecule has 0 saturated carbocycles. The average Bonchev–Trinajstić information content (AvgIpc) is 3.22. The van der Waals surface area contributed by atoms with E-state index in [0.717, 1.165) is 5.52 Å². The predicted octanol–water partition coefficient (Wildman–Crippen LogP) is 0.642. The fourth-order valence-corrected chi connectivity index (χ4v) is 4.93. The molecule has 146 valence electrons. The monoisotopic (exact) mass is 394 g/mol. The highest BCUT2D eigenvalue weighted by Crippen LogP contribution is 2.19. The van der Waals surface area contributed by atoms with Crippen LogP contribution in [0.1, 0.15) is 30.6 Å². The van der Waals surface area contributed by atoms with Crippen molar-refractivity contribution >= 4 is 32.7 Å². The van der Waals surface area contributed by atoms with Crippen molar-refractivity contribution in [3.05, 3.63) is 23.8 Å². The van der Waals surface area contributed by atoms with Gasteiger partial charge in [0.1, 0.15) is 5.52 Å². The summed E-state index contributed by atoms with van der Waals surface area (Å²) in [6.45, 7) is 4.08. The third-order valence-electron chi connectivity index (χ3n) is 4.78. The molecule has 0 aliphatic carbocycles. The molecule has 2 heterocycles. The highest BCUT2D eigenvalue weighted by Gasteiger charge is 2.35. The van der Waals surface area contributed by atoms with Gasteiger partial charge >= 0.3 is 5.97 Å². The van der Waals surface area contributed by atoms with Crippen molar-refractivity contribution in [3.63, 3.8) is 0 Å². The van der Waals surface area contributed by atoms with E-state index in [1.54, 1.807) is 22.9 Å². The Morgan fingerprint density at radius 1 is 1.41 bits per heavy atom. The number of fused-ring (bicyclic) bond motifs is 1. The van der Waals surface area contributed by atoms with Gasteiger partial charge in [-0.3, -0.25) is 4.79 Å². The maximum atomic E-state index is 12.5. The van der Waals surface area contributed by atoms with Gasteiger partial charge in [-0.05, 0) is 38.5 Å². The molecule has 9 nitrogen and oxygen atoms in total. The van der Waals surface area contributed by atoms with Crippen LogP contribution in [0.15, 0.2) is 18.2 Å². The largest absolute Gasteiger partial charge is 0.449 e. The van der Waals surface area contributed by atoms with Gasteiger partial charge in [-0.1, -0.05) is 5.21 Å². The van der Waals surface area contributed by atoms with Crippen LogP contribution in [0.4, 0.5) is 0 Å². The van der Waals surface area contributed by atoms with Gasteiger partial charge in [-0.15, -0.1) is 5.10 Å². The molecule has 1 amide bonds. The van der Waals surface area contributed by atoms with Gasteiger partial charge in [-0.25, -0.2) is 17.9 Å². The number of likely N-dealkylation sites (N-methyl/N-ethyl adjacent to an activating group) is 1. The summed E-state index contributed by atoms with van der Waals surface area (Å²) in [7, 11) is -1.57. The average molecular weight is 394 g/mol. The zero-order valence-corrected chi connectivity index (χ0v) is 16.3. The second kappa shape index (κ2) is 7.26. The van der Waals surface area contributed by atoms with Gasteiger partial charge in [0, 0.05) is 19.6 Å². The number of carbonyl (C=O) groups is 2. The lowest BCUT2D eigenvalue weighted by molar-refractivity contribution is -0.140. The van der Waals surface area contributed by atoms with Gasteiger partial charge in [0.25, 0.3) is 5.91 Å². The fourth-order valence-electron chi connectivity index (χ4n) is 3.16. The molecular formula is C17H22N4O5S. The lowest BCUT2D eigenvalue weighted by Gasteiger charge is -2.26. The number of benzene rings is 1. The second-order valence-corrected chi connectivity index (χ2v) is 8.89. The van der Waals surface area contributed by atoms with Gasteiger partial charge in [0.05, 0.1) is 22.6 Å². The van der Waals surface area contributed by atoms with Crippen LogP contribution in [-0.4, -0.2) is 70.9 Å². The van der Waals surface area contributed by atoms with Crippen molar-refractivity contribution in [2.24, 2.45) is 0 Å². The molecule has 1 aromatic carbocycles. The van der Waals surface area contributed by atoms with Crippen LogP contribution in [0.5, 0.6) is 0 Å². The summed E-state index contributed by atoms with van der Waals surface area (Å²) in [6.07, 6.45) is -0.623. The Hall–Kier alpha value is -2.49. The molecule has 0 unspecified atom stereocenters. The van der Waals surface area contributed by atoms with Crippen LogP contribution in [-0.2, 0) is 25.9 Å².